The number of aryl methyl sites for hydroxylation is 2. The number of aromatic nitrogens is 2. The normalized spacial score (nSPS) is 11.5. The van der Waals surface area contributed by atoms with Crippen LogP contribution in [0.1, 0.15) is 11.1 Å². The molecule has 7 nitrogen and oxygen atoms in total. The molecule has 158 valence electrons. The van der Waals surface area contributed by atoms with Crippen molar-refractivity contribution in [2.75, 3.05) is 13.7 Å². The van der Waals surface area contributed by atoms with Crippen molar-refractivity contribution in [2.45, 2.75) is 25.3 Å². The van der Waals surface area contributed by atoms with Crippen LogP contribution in [0.4, 0.5) is 4.39 Å². The highest BCUT2D eigenvalue weighted by molar-refractivity contribution is 7.89. The van der Waals surface area contributed by atoms with Crippen LogP contribution < -0.4 is 15.0 Å². The van der Waals surface area contributed by atoms with Gasteiger partial charge in [0.15, 0.2) is 0 Å². The van der Waals surface area contributed by atoms with Crippen LogP contribution in [0.15, 0.2) is 58.5 Å². The second kappa shape index (κ2) is 8.76. The number of rotatable bonds is 7. The van der Waals surface area contributed by atoms with E-state index in [1.807, 2.05) is 0 Å². The van der Waals surface area contributed by atoms with Crippen molar-refractivity contribution in [3.8, 4) is 17.0 Å². The molecule has 3 aromatic rings. The first-order valence-corrected chi connectivity index (χ1v) is 10.7. The van der Waals surface area contributed by atoms with Gasteiger partial charge in [-0.05, 0) is 61.4 Å². The van der Waals surface area contributed by atoms with E-state index < -0.39 is 10.0 Å². The molecule has 2 aromatic carbocycles. The van der Waals surface area contributed by atoms with Gasteiger partial charge in [0, 0.05) is 24.7 Å². The second-order valence-electron chi connectivity index (χ2n) is 6.80. The van der Waals surface area contributed by atoms with Gasteiger partial charge in [0.1, 0.15) is 11.6 Å². The minimum Gasteiger partial charge on any atom is -0.496 e. The van der Waals surface area contributed by atoms with Crippen LogP contribution in [-0.4, -0.2) is 31.6 Å². The molecular formula is C21H22FN3O4S. The Morgan fingerprint density at radius 2 is 1.80 bits per heavy atom. The fourth-order valence-corrected chi connectivity index (χ4v) is 4.35. The Balaban J connectivity index is 1.71. The van der Waals surface area contributed by atoms with Crippen molar-refractivity contribution in [3.63, 3.8) is 0 Å². The van der Waals surface area contributed by atoms with E-state index in [1.54, 1.807) is 26.0 Å². The summed E-state index contributed by atoms with van der Waals surface area (Å²) in [7, 11) is -2.22. The van der Waals surface area contributed by atoms with Crippen LogP contribution in [0, 0.1) is 19.7 Å². The number of benzene rings is 2. The number of nitrogens with zero attached hydrogens (tertiary/aromatic N) is 2. The van der Waals surface area contributed by atoms with Gasteiger partial charge in [0.05, 0.1) is 24.0 Å². The summed E-state index contributed by atoms with van der Waals surface area (Å²) < 4.78 is 47.4. The zero-order valence-corrected chi connectivity index (χ0v) is 17.7. The number of ether oxygens (including phenoxy) is 1. The van der Waals surface area contributed by atoms with E-state index in [4.69, 9.17) is 4.74 Å². The molecule has 0 saturated carbocycles. The van der Waals surface area contributed by atoms with Crippen LogP contribution in [0.3, 0.4) is 0 Å². The van der Waals surface area contributed by atoms with Gasteiger partial charge in [-0.2, -0.15) is 0 Å². The van der Waals surface area contributed by atoms with Crippen molar-refractivity contribution >= 4 is 10.0 Å². The third-order valence-electron chi connectivity index (χ3n) is 4.65. The van der Waals surface area contributed by atoms with Gasteiger partial charge in [0.2, 0.25) is 10.0 Å². The van der Waals surface area contributed by atoms with E-state index in [0.29, 0.717) is 28.1 Å². The Labute approximate surface area is 174 Å². The van der Waals surface area contributed by atoms with Crippen LogP contribution >= 0.6 is 0 Å². The fourth-order valence-electron chi connectivity index (χ4n) is 3.02. The molecule has 0 aliphatic rings. The van der Waals surface area contributed by atoms with Crippen LogP contribution in [0.2, 0.25) is 0 Å². The number of methoxy groups -OCH3 is 1. The average molecular weight is 431 g/mol. The average Bonchev–Trinajstić information content (AvgIpc) is 2.71. The van der Waals surface area contributed by atoms with Crippen molar-refractivity contribution in [1.82, 2.24) is 14.3 Å². The largest absolute Gasteiger partial charge is 0.496 e. The molecule has 0 spiro atoms. The molecule has 0 unspecified atom stereocenters. The zero-order valence-electron chi connectivity index (χ0n) is 16.8. The highest BCUT2D eigenvalue weighted by Crippen LogP contribution is 2.25. The Morgan fingerprint density at radius 1 is 1.10 bits per heavy atom. The minimum absolute atomic E-state index is 0.0182. The molecule has 0 aliphatic carbocycles. The summed E-state index contributed by atoms with van der Waals surface area (Å²) in [5.41, 5.74) is 1.97. The van der Waals surface area contributed by atoms with Crippen molar-refractivity contribution in [3.05, 3.63) is 76.1 Å². The Bertz CT molecular complexity index is 1220. The lowest BCUT2D eigenvalue weighted by molar-refractivity contribution is 0.411. The maximum atomic E-state index is 13.0. The van der Waals surface area contributed by atoms with E-state index in [0.717, 1.165) is 0 Å². The lowest BCUT2D eigenvalue weighted by Crippen LogP contribution is -2.31. The maximum absolute atomic E-state index is 13.0. The number of nitrogens with one attached hydrogen (secondary N) is 1. The molecule has 0 aliphatic heterocycles. The fraction of sp³-hybridized carbons (Fsp3) is 0.238. The van der Waals surface area contributed by atoms with E-state index in [9.17, 15) is 17.6 Å². The maximum Gasteiger partial charge on any atom is 0.253 e. The highest BCUT2D eigenvalue weighted by Gasteiger charge is 2.18. The number of halogens is 1. The smallest absolute Gasteiger partial charge is 0.253 e. The molecular weight excluding hydrogens is 409 g/mol. The summed E-state index contributed by atoms with van der Waals surface area (Å²) in [5, 5.41) is 0. The van der Waals surface area contributed by atoms with Crippen LogP contribution in [0.5, 0.6) is 5.75 Å². The van der Waals surface area contributed by atoms with E-state index in [-0.39, 0.29) is 29.4 Å². The zero-order chi connectivity index (χ0) is 21.9. The predicted octanol–water partition coefficient (Wildman–Crippen LogP) is 2.65. The molecule has 1 aromatic heterocycles. The first-order valence-electron chi connectivity index (χ1n) is 9.18. The second-order valence-corrected chi connectivity index (χ2v) is 8.53. The van der Waals surface area contributed by atoms with E-state index >= 15 is 0 Å². The first-order chi connectivity index (χ1) is 14.2. The van der Waals surface area contributed by atoms with Crippen LogP contribution in [0.25, 0.3) is 11.3 Å². The molecule has 1 heterocycles. The summed E-state index contributed by atoms with van der Waals surface area (Å²) >= 11 is 0. The van der Waals surface area contributed by atoms with Gasteiger partial charge >= 0.3 is 0 Å². The SMILES string of the molecule is COc1cc(C)c(S(=O)(=O)NCCn2cnc(-c3ccc(F)cc3)cc2=O)cc1C. The van der Waals surface area contributed by atoms with Gasteiger partial charge in [-0.1, -0.05) is 0 Å². The lowest BCUT2D eigenvalue weighted by atomic mass is 10.1. The van der Waals surface area contributed by atoms with Crippen molar-refractivity contribution < 1.29 is 17.5 Å². The van der Waals surface area contributed by atoms with Gasteiger partial charge < -0.3 is 4.74 Å². The molecule has 3 rings (SSSR count). The Kier molecular flexibility index (Phi) is 6.33. The molecule has 30 heavy (non-hydrogen) atoms. The first kappa shape index (κ1) is 21.7. The Morgan fingerprint density at radius 3 is 2.43 bits per heavy atom. The summed E-state index contributed by atoms with van der Waals surface area (Å²) in [6.45, 7) is 3.59. The highest BCUT2D eigenvalue weighted by atomic mass is 32.2. The summed E-state index contributed by atoms with van der Waals surface area (Å²) in [4.78, 5) is 16.7. The quantitative estimate of drug-likeness (QED) is 0.621. The van der Waals surface area contributed by atoms with Crippen molar-refractivity contribution in [2.24, 2.45) is 0 Å². The molecule has 0 bridgehead atoms. The minimum atomic E-state index is -3.75. The van der Waals surface area contributed by atoms with Gasteiger partial charge in [-0.15, -0.1) is 0 Å². The molecule has 0 atom stereocenters. The van der Waals surface area contributed by atoms with Gasteiger partial charge in [0.25, 0.3) is 5.56 Å². The molecule has 0 amide bonds. The van der Waals surface area contributed by atoms with E-state index in [1.165, 1.54) is 48.3 Å². The summed E-state index contributed by atoms with van der Waals surface area (Å²) in [5.74, 6) is 0.243. The monoisotopic (exact) mass is 431 g/mol. The van der Waals surface area contributed by atoms with Crippen molar-refractivity contribution in [1.29, 1.82) is 0 Å². The van der Waals surface area contributed by atoms with E-state index in [2.05, 4.69) is 9.71 Å². The molecule has 9 heteroatoms. The predicted molar refractivity (Wildman–Crippen MR) is 112 cm³/mol. The topological polar surface area (TPSA) is 90.3 Å². The van der Waals surface area contributed by atoms with Crippen LogP contribution in [-0.2, 0) is 16.6 Å². The molecule has 0 radical (unpaired) electrons. The molecule has 0 saturated heterocycles. The Hall–Kier alpha value is -3.04. The third-order valence-corrected chi connectivity index (χ3v) is 6.25. The number of sulfonamides is 1. The summed E-state index contributed by atoms with van der Waals surface area (Å²) in [6, 6.07) is 10.2. The van der Waals surface area contributed by atoms with Gasteiger partial charge in [-0.25, -0.2) is 22.5 Å². The lowest BCUT2D eigenvalue weighted by Gasteiger charge is -2.13. The molecule has 1 N–H and O–H groups in total. The number of hydrogen-bond acceptors (Lipinski definition) is 5. The standard InChI is InChI=1S/C21H22FN3O4S/c1-14-11-20(15(2)10-19(14)29-3)30(27,28)24-8-9-25-13-23-18(12-21(25)26)16-4-6-17(22)7-5-16/h4-7,10-13,24H,8-9H2,1-3H3. The summed E-state index contributed by atoms with van der Waals surface area (Å²) in [6.07, 6.45) is 1.35. The van der Waals surface area contributed by atoms with Gasteiger partial charge in [-0.3, -0.25) is 9.36 Å². The molecule has 0 fully saturated rings. The number of hydrogen-bond donors (Lipinski definition) is 1. The third kappa shape index (κ3) is 4.74.